The molecule has 1 saturated heterocycles. The van der Waals surface area contributed by atoms with E-state index in [1.807, 2.05) is 13.8 Å². The number of rotatable bonds is 5. The van der Waals surface area contributed by atoms with Gasteiger partial charge in [-0.25, -0.2) is 0 Å². The zero-order chi connectivity index (χ0) is 28.2. The van der Waals surface area contributed by atoms with Gasteiger partial charge in [-0.05, 0) is 80.1 Å². The molecule has 3 saturated carbocycles. The quantitative estimate of drug-likeness (QED) is 0.369. The Morgan fingerprint density at radius 2 is 1.74 bits per heavy atom. The van der Waals surface area contributed by atoms with E-state index in [0.29, 0.717) is 31.5 Å². The summed E-state index contributed by atoms with van der Waals surface area (Å²) in [5.74, 6) is 0.350. The highest BCUT2D eigenvalue weighted by Crippen LogP contribution is 2.73. The zero-order valence-electron chi connectivity index (χ0n) is 24.9. The van der Waals surface area contributed by atoms with Gasteiger partial charge in [-0.1, -0.05) is 47.1 Å². The van der Waals surface area contributed by atoms with Gasteiger partial charge in [0.15, 0.2) is 5.78 Å². The molecule has 0 bridgehead atoms. The maximum atomic E-state index is 13.8. The van der Waals surface area contributed by atoms with Crippen LogP contribution in [-0.2, 0) is 23.9 Å². The second-order valence-corrected chi connectivity index (χ2v) is 15.2. The zero-order valence-corrected chi connectivity index (χ0v) is 24.9. The van der Waals surface area contributed by atoms with Crippen LogP contribution in [0.5, 0.6) is 0 Å². The number of carbonyl (C=O) groups is 3. The summed E-state index contributed by atoms with van der Waals surface area (Å²) in [7, 11) is 0. The molecule has 212 valence electrons. The third-order valence-electron chi connectivity index (χ3n) is 12.3. The monoisotopic (exact) mass is 528 g/mol. The number of carbonyl (C=O) groups excluding carboxylic acids is 3. The van der Waals surface area contributed by atoms with Crippen LogP contribution in [0.25, 0.3) is 0 Å². The van der Waals surface area contributed by atoms with Gasteiger partial charge < -0.3 is 14.6 Å². The molecule has 6 heteroatoms. The molecule has 0 aromatic carbocycles. The van der Waals surface area contributed by atoms with E-state index in [0.717, 1.165) is 30.4 Å². The lowest BCUT2D eigenvalue weighted by Gasteiger charge is -2.68. The summed E-state index contributed by atoms with van der Waals surface area (Å²) in [4.78, 5) is 38.6. The first-order valence-corrected chi connectivity index (χ1v) is 14.7. The van der Waals surface area contributed by atoms with Gasteiger partial charge in [0.05, 0.1) is 11.7 Å². The van der Waals surface area contributed by atoms with Gasteiger partial charge >= 0.3 is 5.97 Å². The summed E-state index contributed by atoms with van der Waals surface area (Å²) in [6, 6.07) is 0. The van der Waals surface area contributed by atoms with Gasteiger partial charge in [-0.15, -0.1) is 0 Å². The lowest BCUT2D eigenvalue weighted by atomic mass is 9.36. The molecule has 1 unspecified atom stereocenters. The highest BCUT2D eigenvalue weighted by atomic mass is 16.6. The predicted octanol–water partition coefficient (Wildman–Crippen LogP) is 5.59. The number of esters is 1. The van der Waals surface area contributed by atoms with Gasteiger partial charge in [-0.3, -0.25) is 14.4 Å². The van der Waals surface area contributed by atoms with Crippen LogP contribution in [0.1, 0.15) is 107 Å². The van der Waals surface area contributed by atoms with Crippen LogP contribution in [-0.4, -0.2) is 46.6 Å². The van der Waals surface area contributed by atoms with Gasteiger partial charge in [0.1, 0.15) is 18.0 Å². The standard InChI is InChI=1S/C32H48O6/c1-17(14-22(37-18(2)33)27-29(5,6)38-27)25-19-15-20(34)26-30(7)12-11-24(36)28(3,4)23(30)10-13-31(26,8)32(19,9)16-21(25)35/h17,20,22-23,26-27,34H,10-16H2,1-9H3/t17?,20-,22-,23-,26-,27+,30-,31-,32-/m0/s1. The maximum Gasteiger partial charge on any atom is 0.302 e. The number of Topliss-reactive ketones (excluding diaryl/α,β-unsaturated/α-hetero) is 2. The van der Waals surface area contributed by atoms with E-state index < -0.39 is 12.2 Å². The Kier molecular flexibility index (Phi) is 6.26. The smallest absolute Gasteiger partial charge is 0.302 e. The summed E-state index contributed by atoms with van der Waals surface area (Å²) in [6.45, 7) is 18.6. The minimum absolute atomic E-state index is 0.0341. The molecule has 4 fully saturated rings. The molecule has 0 aromatic rings. The van der Waals surface area contributed by atoms with Crippen molar-refractivity contribution in [3.05, 3.63) is 11.1 Å². The molecule has 9 atom stereocenters. The van der Waals surface area contributed by atoms with Crippen molar-refractivity contribution < 1.29 is 29.0 Å². The van der Waals surface area contributed by atoms with E-state index in [2.05, 4.69) is 41.5 Å². The van der Waals surface area contributed by atoms with E-state index in [4.69, 9.17) is 9.47 Å². The summed E-state index contributed by atoms with van der Waals surface area (Å²) >= 11 is 0. The molecule has 6 nitrogen and oxygen atoms in total. The highest BCUT2D eigenvalue weighted by molar-refractivity contribution is 6.00. The van der Waals surface area contributed by atoms with E-state index >= 15 is 0 Å². The lowest BCUT2D eigenvalue weighted by Crippen LogP contribution is -2.65. The Bertz CT molecular complexity index is 1100. The Labute approximate surface area is 228 Å². The van der Waals surface area contributed by atoms with Crippen LogP contribution < -0.4 is 0 Å². The highest BCUT2D eigenvalue weighted by Gasteiger charge is 2.70. The molecular weight excluding hydrogens is 480 g/mol. The second kappa shape index (κ2) is 8.49. The number of allylic oxidation sites excluding steroid dienone is 1. The molecule has 5 rings (SSSR count). The maximum absolute atomic E-state index is 13.8. The molecule has 1 N–H and O–H groups in total. The Hall–Kier alpha value is -1.53. The summed E-state index contributed by atoms with van der Waals surface area (Å²) < 4.78 is 11.5. The van der Waals surface area contributed by atoms with E-state index in [1.54, 1.807) is 0 Å². The van der Waals surface area contributed by atoms with Gasteiger partial charge in [-0.2, -0.15) is 0 Å². The fourth-order valence-corrected chi connectivity index (χ4v) is 10.3. The number of aliphatic hydroxyl groups excluding tert-OH is 1. The number of ether oxygens (including phenoxy) is 2. The molecule has 0 spiro atoms. The Morgan fingerprint density at radius 3 is 2.32 bits per heavy atom. The van der Waals surface area contributed by atoms with E-state index in [1.165, 1.54) is 6.92 Å². The van der Waals surface area contributed by atoms with E-state index in [-0.39, 0.29) is 62.9 Å². The van der Waals surface area contributed by atoms with Crippen LogP contribution in [0.4, 0.5) is 0 Å². The van der Waals surface area contributed by atoms with Gasteiger partial charge in [0, 0.05) is 30.6 Å². The number of ketones is 2. The lowest BCUT2D eigenvalue weighted by molar-refractivity contribution is -0.208. The molecule has 38 heavy (non-hydrogen) atoms. The number of fused-ring (bicyclic) bond motifs is 5. The number of aliphatic hydroxyl groups is 1. The van der Waals surface area contributed by atoms with Crippen molar-refractivity contribution in [2.24, 2.45) is 39.4 Å². The van der Waals surface area contributed by atoms with Crippen LogP contribution >= 0.6 is 0 Å². The average Bonchev–Trinajstić information content (AvgIpc) is 3.32. The van der Waals surface area contributed by atoms with Gasteiger partial charge in [0.2, 0.25) is 0 Å². The van der Waals surface area contributed by atoms with Crippen LogP contribution in [0.3, 0.4) is 0 Å². The largest absolute Gasteiger partial charge is 0.460 e. The van der Waals surface area contributed by atoms with Crippen molar-refractivity contribution in [1.29, 1.82) is 0 Å². The van der Waals surface area contributed by atoms with Crippen molar-refractivity contribution in [2.45, 2.75) is 131 Å². The Morgan fingerprint density at radius 1 is 1.11 bits per heavy atom. The predicted molar refractivity (Wildman–Crippen MR) is 144 cm³/mol. The normalized spacial score (nSPS) is 44.6. The minimum Gasteiger partial charge on any atom is -0.460 e. The number of hydrogen-bond acceptors (Lipinski definition) is 6. The molecule has 0 amide bonds. The summed E-state index contributed by atoms with van der Waals surface area (Å²) in [5.41, 5.74) is 0.516. The first-order chi connectivity index (χ1) is 17.4. The number of hydrogen-bond donors (Lipinski definition) is 1. The molecule has 0 radical (unpaired) electrons. The third-order valence-corrected chi connectivity index (χ3v) is 12.3. The van der Waals surface area contributed by atoms with Crippen LogP contribution in [0, 0.1) is 39.4 Å². The van der Waals surface area contributed by atoms with Crippen molar-refractivity contribution in [3.8, 4) is 0 Å². The van der Waals surface area contributed by atoms with Crippen molar-refractivity contribution in [1.82, 2.24) is 0 Å². The van der Waals surface area contributed by atoms with Crippen molar-refractivity contribution >= 4 is 17.5 Å². The second-order valence-electron chi connectivity index (χ2n) is 15.2. The molecular formula is C32H48O6. The Balaban J connectivity index is 1.50. The average molecular weight is 529 g/mol. The van der Waals surface area contributed by atoms with Crippen molar-refractivity contribution in [3.63, 3.8) is 0 Å². The molecule has 4 aliphatic carbocycles. The van der Waals surface area contributed by atoms with Gasteiger partial charge in [0.25, 0.3) is 0 Å². The van der Waals surface area contributed by atoms with Crippen LogP contribution in [0.2, 0.25) is 0 Å². The fourth-order valence-electron chi connectivity index (χ4n) is 10.3. The first kappa shape index (κ1) is 28.0. The molecule has 5 aliphatic rings. The van der Waals surface area contributed by atoms with Crippen molar-refractivity contribution in [2.75, 3.05) is 0 Å². The topological polar surface area (TPSA) is 93.2 Å². The first-order valence-electron chi connectivity index (χ1n) is 14.7. The molecule has 0 aromatic heterocycles. The van der Waals surface area contributed by atoms with E-state index in [9.17, 15) is 19.5 Å². The number of epoxide rings is 1. The summed E-state index contributed by atoms with van der Waals surface area (Å²) in [5, 5.41) is 11.9. The third kappa shape index (κ3) is 3.75. The van der Waals surface area contributed by atoms with Crippen LogP contribution in [0.15, 0.2) is 11.1 Å². The minimum atomic E-state index is -0.553. The molecule has 1 heterocycles. The molecule has 1 aliphatic heterocycles. The summed E-state index contributed by atoms with van der Waals surface area (Å²) in [6.07, 6.45) is 3.59. The fraction of sp³-hybridized carbons (Fsp3) is 0.844. The SMILES string of the molecule is CC(=O)O[C@@H](CC(C)C1=C2C[C@H](O)[C@H]3[C@@]4(C)CCC(=O)C(C)(C)[C@@H]4CC[C@]3(C)[C@@]2(C)CC1=O)[C@H]1OC1(C)C.